The molecule has 0 amide bonds. The molecule has 0 aromatic heterocycles. The van der Waals surface area contributed by atoms with Gasteiger partial charge in [-0.15, -0.1) is 0 Å². The monoisotopic (exact) mass is 1050 g/mol. The number of phosphoric acid groups is 1. The molecule has 0 saturated heterocycles. The standard InChI is InChI=1S/C64H106NO8P/c1-6-8-10-12-14-16-18-20-22-24-26-28-29-30-31-32-33-34-35-37-39-41-43-45-47-49-51-53-55-57-64(67)73-62(61-72-74(68,69)71-59-58-65(3,4)5)60-70-63(66)56-54-52-50-48-46-44-42-40-38-36-27-25-23-21-19-17-15-13-11-9-7-2/h8-11,14-17,20-23,26-28,30-31,33-34,36,40,42,62H,6-7,12-13,18-19,24-25,29,32,35,37-39,41,43-61H2,1-5H3/b10-8-,11-9-,16-14-,17-15-,22-20-,23-21-,28-26-,31-30-,34-33-,36-27-,42-40-. The summed E-state index contributed by atoms with van der Waals surface area (Å²) >= 11 is 0. The second-order valence-electron chi connectivity index (χ2n) is 19.9. The Kier molecular flexibility index (Phi) is 51.2. The lowest BCUT2D eigenvalue weighted by Crippen LogP contribution is -2.37. The van der Waals surface area contributed by atoms with Gasteiger partial charge in [-0.1, -0.05) is 218 Å². The number of carbonyl (C=O) groups excluding carboxylic acids is 2. The smallest absolute Gasteiger partial charge is 0.306 e. The van der Waals surface area contributed by atoms with Crippen LogP contribution in [0.15, 0.2) is 134 Å². The van der Waals surface area contributed by atoms with Crippen molar-refractivity contribution in [1.82, 2.24) is 0 Å². The van der Waals surface area contributed by atoms with Crippen LogP contribution in [0.5, 0.6) is 0 Å². The summed E-state index contributed by atoms with van der Waals surface area (Å²) in [5.41, 5.74) is 0. The number of quaternary nitrogens is 1. The number of phosphoric ester groups is 1. The molecule has 2 atom stereocenters. The molecule has 74 heavy (non-hydrogen) atoms. The number of carbonyl (C=O) groups is 2. The van der Waals surface area contributed by atoms with E-state index >= 15 is 0 Å². The van der Waals surface area contributed by atoms with Gasteiger partial charge < -0.3 is 27.9 Å². The highest BCUT2D eigenvalue weighted by Crippen LogP contribution is 2.38. The van der Waals surface area contributed by atoms with Gasteiger partial charge in [0.2, 0.25) is 0 Å². The molecule has 0 aliphatic heterocycles. The fraction of sp³-hybridized carbons (Fsp3) is 0.625. The highest BCUT2D eigenvalue weighted by atomic mass is 31.2. The number of hydrogen-bond donors (Lipinski definition) is 0. The molecule has 9 nitrogen and oxygen atoms in total. The Morgan fingerprint density at radius 2 is 0.730 bits per heavy atom. The molecule has 0 saturated carbocycles. The summed E-state index contributed by atoms with van der Waals surface area (Å²) in [5, 5.41) is 0. The summed E-state index contributed by atoms with van der Waals surface area (Å²) in [7, 11) is 1.13. The second kappa shape index (κ2) is 54.0. The first-order chi connectivity index (χ1) is 36.0. The zero-order valence-electron chi connectivity index (χ0n) is 47.5. The number of hydrogen-bond acceptors (Lipinski definition) is 8. The number of unbranched alkanes of at least 4 members (excludes halogenated alkanes) is 15. The lowest BCUT2D eigenvalue weighted by molar-refractivity contribution is -0.870. The van der Waals surface area contributed by atoms with Crippen molar-refractivity contribution in [2.75, 3.05) is 47.5 Å². The fourth-order valence-electron chi connectivity index (χ4n) is 7.27. The lowest BCUT2D eigenvalue weighted by atomic mass is 10.0. The first-order valence-corrected chi connectivity index (χ1v) is 30.4. The summed E-state index contributed by atoms with van der Waals surface area (Å²) in [5.74, 6) is -0.870. The molecule has 0 aromatic rings. The van der Waals surface area contributed by atoms with Crippen LogP contribution in [0.2, 0.25) is 0 Å². The summed E-state index contributed by atoms with van der Waals surface area (Å²) in [6.07, 6.45) is 77.7. The van der Waals surface area contributed by atoms with Gasteiger partial charge in [-0.25, -0.2) is 0 Å². The second-order valence-corrected chi connectivity index (χ2v) is 21.3. The largest absolute Gasteiger partial charge is 0.756 e. The van der Waals surface area contributed by atoms with Gasteiger partial charge in [0, 0.05) is 12.8 Å². The molecule has 0 radical (unpaired) electrons. The van der Waals surface area contributed by atoms with Gasteiger partial charge in [-0.2, -0.15) is 0 Å². The normalized spacial score (nSPS) is 14.3. The van der Waals surface area contributed by atoms with Crippen LogP contribution in [-0.4, -0.2) is 70.0 Å². The molecule has 0 fully saturated rings. The van der Waals surface area contributed by atoms with E-state index in [2.05, 4.69) is 148 Å². The SMILES string of the molecule is CC/C=C\C/C=C\C/C=C\C/C=C\C/C=C\C/C=C\CCCCCCCCCCCCC(=O)OC(COC(=O)CCCCCCC/C=C\C/C=C\C/C=C\C/C=C\C/C=C\CC)COP(=O)([O-])OCC[N+](C)(C)C. The van der Waals surface area contributed by atoms with E-state index in [1.165, 1.54) is 38.5 Å². The predicted molar refractivity (Wildman–Crippen MR) is 314 cm³/mol. The summed E-state index contributed by atoms with van der Waals surface area (Å²) in [6.45, 7) is 3.96. The fourth-order valence-corrected chi connectivity index (χ4v) is 8.00. The van der Waals surface area contributed by atoms with E-state index in [4.69, 9.17) is 18.5 Å². The molecular formula is C64H106NO8P. The van der Waals surface area contributed by atoms with Crippen molar-refractivity contribution in [3.05, 3.63) is 134 Å². The quantitative estimate of drug-likeness (QED) is 0.0195. The highest BCUT2D eigenvalue weighted by Gasteiger charge is 2.21. The van der Waals surface area contributed by atoms with E-state index < -0.39 is 32.5 Å². The Labute approximate surface area is 453 Å². The van der Waals surface area contributed by atoms with E-state index in [9.17, 15) is 19.0 Å². The number of likely N-dealkylation sites (N-methyl/N-ethyl adjacent to an activating group) is 1. The first kappa shape index (κ1) is 70.1. The molecule has 10 heteroatoms. The average Bonchev–Trinajstić information content (AvgIpc) is 3.36. The molecule has 0 bridgehead atoms. The van der Waals surface area contributed by atoms with Crippen LogP contribution in [-0.2, 0) is 32.7 Å². The van der Waals surface area contributed by atoms with Crippen LogP contribution in [0.1, 0.15) is 206 Å². The third-order valence-electron chi connectivity index (χ3n) is 11.7. The number of esters is 2. The number of ether oxygens (including phenoxy) is 2. The van der Waals surface area contributed by atoms with Gasteiger partial charge in [0.15, 0.2) is 6.10 Å². The molecule has 0 heterocycles. The van der Waals surface area contributed by atoms with E-state index in [1.807, 2.05) is 21.1 Å². The van der Waals surface area contributed by atoms with Crippen molar-refractivity contribution in [3.63, 3.8) is 0 Å². The highest BCUT2D eigenvalue weighted by molar-refractivity contribution is 7.45. The van der Waals surface area contributed by atoms with E-state index in [1.54, 1.807) is 0 Å². The van der Waals surface area contributed by atoms with Crippen LogP contribution in [0, 0.1) is 0 Å². The van der Waals surface area contributed by atoms with Gasteiger partial charge >= 0.3 is 11.9 Å². The van der Waals surface area contributed by atoms with Gasteiger partial charge in [0.25, 0.3) is 7.82 Å². The molecule has 0 aliphatic carbocycles. The Hall–Kier alpha value is -3.85. The van der Waals surface area contributed by atoms with Crippen LogP contribution in [0.4, 0.5) is 0 Å². The zero-order chi connectivity index (χ0) is 54.2. The number of rotatable bonds is 51. The molecule has 0 N–H and O–H groups in total. The Morgan fingerprint density at radius 1 is 0.419 bits per heavy atom. The topological polar surface area (TPSA) is 111 Å². The average molecular weight is 1050 g/mol. The molecular weight excluding hydrogens is 942 g/mol. The predicted octanol–water partition coefficient (Wildman–Crippen LogP) is 17.5. The van der Waals surface area contributed by atoms with E-state index in [-0.39, 0.29) is 26.1 Å². The maximum Gasteiger partial charge on any atom is 0.306 e. The van der Waals surface area contributed by atoms with E-state index in [0.717, 1.165) is 128 Å². The number of nitrogens with zero attached hydrogens (tertiary/aromatic N) is 1. The van der Waals surface area contributed by atoms with Crippen LogP contribution < -0.4 is 4.89 Å². The van der Waals surface area contributed by atoms with Crippen molar-refractivity contribution in [3.8, 4) is 0 Å². The van der Waals surface area contributed by atoms with Gasteiger partial charge in [0.05, 0.1) is 27.7 Å². The summed E-state index contributed by atoms with van der Waals surface area (Å²) < 4.78 is 34.1. The molecule has 2 unspecified atom stereocenters. The summed E-state index contributed by atoms with van der Waals surface area (Å²) in [6, 6.07) is 0. The van der Waals surface area contributed by atoms with Gasteiger partial charge in [-0.05, 0) is 109 Å². The molecule has 0 aliphatic rings. The van der Waals surface area contributed by atoms with Crippen LogP contribution in [0.3, 0.4) is 0 Å². The lowest BCUT2D eigenvalue weighted by Gasteiger charge is -2.28. The minimum Gasteiger partial charge on any atom is -0.756 e. The van der Waals surface area contributed by atoms with Crippen molar-refractivity contribution in [2.24, 2.45) is 0 Å². The molecule has 0 aromatic carbocycles. The minimum atomic E-state index is -4.65. The maximum absolute atomic E-state index is 12.8. The Morgan fingerprint density at radius 3 is 1.08 bits per heavy atom. The van der Waals surface area contributed by atoms with E-state index in [0.29, 0.717) is 23.9 Å². The zero-order valence-corrected chi connectivity index (χ0v) is 48.4. The maximum atomic E-state index is 12.8. The van der Waals surface area contributed by atoms with Crippen molar-refractivity contribution in [1.29, 1.82) is 0 Å². The van der Waals surface area contributed by atoms with Crippen molar-refractivity contribution in [2.45, 2.75) is 213 Å². The van der Waals surface area contributed by atoms with Gasteiger partial charge in [0.1, 0.15) is 19.8 Å². The molecule has 420 valence electrons. The summed E-state index contributed by atoms with van der Waals surface area (Å²) in [4.78, 5) is 37.9. The number of allylic oxidation sites excluding steroid dienone is 22. The minimum absolute atomic E-state index is 0.0428. The Bertz CT molecular complexity index is 1710. The molecule has 0 rings (SSSR count). The van der Waals surface area contributed by atoms with Crippen molar-refractivity contribution < 1.29 is 42.1 Å². The van der Waals surface area contributed by atoms with Crippen molar-refractivity contribution >= 4 is 19.8 Å². The van der Waals surface area contributed by atoms with Crippen LogP contribution >= 0.6 is 7.82 Å². The first-order valence-electron chi connectivity index (χ1n) is 28.9. The van der Waals surface area contributed by atoms with Gasteiger partial charge in [-0.3, -0.25) is 14.2 Å². The Balaban J connectivity index is 4.25. The third kappa shape index (κ3) is 57.4. The third-order valence-corrected chi connectivity index (χ3v) is 12.6. The van der Waals surface area contributed by atoms with Crippen LogP contribution in [0.25, 0.3) is 0 Å². The molecule has 0 spiro atoms.